The van der Waals surface area contributed by atoms with Gasteiger partial charge in [-0.15, -0.1) is 12.4 Å². The fourth-order valence-electron chi connectivity index (χ4n) is 1.16. The molecule has 0 spiro atoms. The fraction of sp³-hybridized carbons (Fsp3) is 0.400. The van der Waals surface area contributed by atoms with Crippen LogP contribution in [0.3, 0.4) is 0 Å². The maximum atomic E-state index is 11.8. The van der Waals surface area contributed by atoms with Gasteiger partial charge in [-0.1, -0.05) is 0 Å². The molecule has 0 saturated heterocycles. The van der Waals surface area contributed by atoms with Crippen LogP contribution in [-0.4, -0.2) is 28.7 Å². The summed E-state index contributed by atoms with van der Waals surface area (Å²) >= 11 is -0.169. The van der Waals surface area contributed by atoms with Gasteiger partial charge in [0.2, 0.25) is 0 Å². The van der Waals surface area contributed by atoms with Crippen LogP contribution >= 0.6 is 24.2 Å². The quantitative estimate of drug-likeness (QED) is 0.815. The summed E-state index contributed by atoms with van der Waals surface area (Å²) in [5, 5.41) is 2.39. The average Bonchev–Trinajstić information content (AvgIpc) is 2.33. The van der Waals surface area contributed by atoms with E-state index in [4.69, 9.17) is 5.73 Å². The zero-order valence-electron chi connectivity index (χ0n) is 9.74. The van der Waals surface area contributed by atoms with Crippen molar-refractivity contribution in [3.63, 3.8) is 0 Å². The lowest BCUT2D eigenvalue weighted by molar-refractivity contribution is -0.0327. The van der Waals surface area contributed by atoms with E-state index in [0.29, 0.717) is 11.3 Å². The molecular weight excluding hydrogens is 303 g/mol. The van der Waals surface area contributed by atoms with Crippen LogP contribution in [0.4, 0.5) is 13.2 Å². The lowest BCUT2D eigenvalue weighted by atomic mass is 10.2. The van der Waals surface area contributed by atoms with Crippen LogP contribution in [0.15, 0.2) is 18.3 Å². The SMILES string of the molecule is Cl.NCc1cc(C(=O)NCCSC(F)(F)F)ccn1. The Kier molecular flexibility index (Phi) is 7.81. The highest BCUT2D eigenvalue weighted by Crippen LogP contribution is 2.29. The number of nitrogens with zero attached hydrogens (tertiary/aromatic N) is 1. The first kappa shape index (κ1) is 18.0. The van der Waals surface area contributed by atoms with Gasteiger partial charge in [0.25, 0.3) is 5.91 Å². The van der Waals surface area contributed by atoms with E-state index >= 15 is 0 Å². The molecule has 0 aliphatic carbocycles. The number of amides is 1. The van der Waals surface area contributed by atoms with E-state index in [9.17, 15) is 18.0 Å². The summed E-state index contributed by atoms with van der Waals surface area (Å²) in [6.45, 7) is 0.147. The van der Waals surface area contributed by atoms with Crippen molar-refractivity contribution >= 4 is 30.1 Å². The molecule has 0 atom stereocenters. The molecule has 3 N–H and O–H groups in total. The van der Waals surface area contributed by atoms with Gasteiger partial charge < -0.3 is 11.1 Å². The molecule has 0 aliphatic heterocycles. The summed E-state index contributed by atoms with van der Waals surface area (Å²) in [6.07, 6.45) is 1.43. The molecule has 1 aromatic rings. The number of halogens is 4. The van der Waals surface area contributed by atoms with E-state index in [1.54, 1.807) is 0 Å². The number of hydrogen-bond donors (Lipinski definition) is 2. The Balaban J connectivity index is 0.00000324. The highest BCUT2D eigenvalue weighted by Gasteiger charge is 2.27. The highest BCUT2D eigenvalue weighted by atomic mass is 35.5. The average molecular weight is 316 g/mol. The van der Waals surface area contributed by atoms with Crippen LogP contribution in [0.5, 0.6) is 0 Å². The molecule has 0 saturated carbocycles. The van der Waals surface area contributed by atoms with Gasteiger partial charge in [-0.05, 0) is 23.9 Å². The number of carbonyl (C=O) groups excluding carboxylic acids is 1. The maximum Gasteiger partial charge on any atom is 0.441 e. The van der Waals surface area contributed by atoms with Crippen molar-refractivity contribution in [2.75, 3.05) is 12.3 Å². The number of rotatable bonds is 5. The number of alkyl halides is 3. The zero-order valence-corrected chi connectivity index (χ0v) is 11.4. The smallest absolute Gasteiger partial charge is 0.351 e. The van der Waals surface area contributed by atoms with E-state index in [-0.39, 0.29) is 43.0 Å². The third kappa shape index (κ3) is 7.24. The molecule has 1 aromatic heterocycles. The van der Waals surface area contributed by atoms with Gasteiger partial charge in [-0.2, -0.15) is 13.2 Å². The van der Waals surface area contributed by atoms with Crippen LogP contribution in [0.1, 0.15) is 16.1 Å². The number of thioether (sulfide) groups is 1. The largest absolute Gasteiger partial charge is 0.441 e. The third-order valence-corrected chi connectivity index (χ3v) is 2.68. The van der Waals surface area contributed by atoms with Gasteiger partial charge in [-0.25, -0.2) is 0 Å². The van der Waals surface area contributed by atoms with E-state index in [1.807, 2.05) is 0 Å². The van der Waals surface area contributed by atoms with Crippen LogP contribution < -0.4 is 11.1 Å². The van der Waals surface area contributed by atoms with Crippen molar-refractivity contribution in [3.8, 4) is 0 Å². The van der Waals surface area contributed by atoms with Crippen LogP contribution in [0, 0.1) is 0 Å². The van der Waals surface area contributed by atoms with Gasteiger partial charge in [-0.3, -0.25) is 9.78 Å². The van der Waals surface area contributed by atoms with Gasteiger partial charge in [0.1, 0.15) is 0 Å². The van der Waals surface area contributed by atoms with Crippen LogP contribution in [0.25, 0.3) is 0 Å². The predicted octanol–water partition coefficient (Wildman–Crippen LogP) is 1.94. The molecule has 0 radical (unpaired) electrons. The first-order chi connectivity index (χ1) is 8.42. The number of pyridine rings is 1. The minimum Gasteiger partial charge on any atom is -0.351 e. The monoisotopic (exact) mass is 315 g/mol. The van der Waals surface area contributed by atoms with Gasteiger partial charge in [0.15, 0.2) is 0 Å². The number of carbonyl (C=O) groups is 1. The van der Waals surface area contributed by atoms with Gasteiger partial charge in [0, 0.05) is 30.6 Å². The fourth-order valence-corrected chi connectivity index (χ4v) is 1.60. The minimum atomic E-state index is -4.27. The maximum absolute atomic E-state index is 11.8. The molecule has 0 aromatic carbocycles. The molecular formula is C10H13ClF3N3OS. The second-order valence-corrected chi connectivity index (χ2v) is 4.45. The molecule has 9 heteroatoms. The van der Waals surface area contributed by atoms with Crippen LogP contribution in [0.2, 0.25) is 0 Å². The van der Waals surface area contributed by atoms with E-state index in [1.165, 1.54) is 18.3 Å². The molecule has 108 valence electrons. The van der Waals surface area contributed by atoms with E-state index < -0.39 is 11.4 Å². The van der Waals surface area contributed by atoms with Crippen molar-refractivity contribution in [2.45, 2.75) is 12.1 Å². The first-order valence-corrected chi connectivity index (χ1v) is 6.05. The Morgan fingerprint density at radius 2 is 2.16 bits per heavy atom. The molecule has 1 amide bonds. The summed E-state index contributed by atoms with van der Waals surface area (Å²) in [7, 11) is 0. The Morgan fingerprint density at radius 1 is 1.47 bits per heavy atom. The molecule has 0 fully saturated rings. The van der Waals surface area contributed by atoms with Gasteiger partial charge >= 0.3 is 5.51 Å². The molecule has 19 heavy (non-hydrogen) atoms. The summed E-state index contributed by atoms with van der Waals surface area (Å²) in [6, 6.07) is 2.98. The Morgan fingerprint density at radius 3 is 2.74 bits per heavy atom. The number of hydrogen-bond acceptors (Lipinski definition) is 4. The zero-order chi connectivity index (χ0) is 13.6. The molecule has 0 unspecified atom stereocenters. The molecule has 4 nitrogen and oxygen atoms in total. The Labute approximate surface area is 118 Å². The van der Waals surface area contributed by atoms with Crippen LogP contribution in [-0.2, 0) is 6.54 Å². The second kappa shape index (κ2) is 8.23. The number of aromatic nitrogens is 1. The standard InChI is InChI=1S/C10H12F3N3OS.ClH/c11-10(12,13)18-4-3-16-9(17)7-1-2-15-8(5-7)6-14;/h1-2,5H,3-4,6,14H2,(H,16,17);1H. The lowest BCUT2D eigenvalue weighted by Crippen LogP contribution is -2.26. The highest BCUT2D eigenvalue weighted by molar-refractivity contribution is 8.00. The van der Waals surface area contributed by atoms with E-state index in [0.717, 1.165) is 0 Å². The van der Waals surface area contributed by atoms with Crippen molar-refractivity contribution in [1.29, 1.82) is 0 Å². The second-order valence-electron chi connectivity index (χ2n) is 3.29. The van der Waals surface area contributed by atoms with Crippen molar-refractivity contribution in [1.82, 2.24) is 10.3 Å². The number of nitrogens with one attached hydrogen (secondary N) is 1. The predicted molar refractivity (Wildman–Crippen MR) is 70.2 cm³/mol. The van der Waals surface area contributed by atoms with Crippen molar-refractivity contribution in [2.24, 2.45) is 5.73 Å². The molecule has 0 bridgehead atoms. The Hall–Kier alpha value is -0.990. The summed E-state index contributed by atoms with van der Waals surface area (Å²) in [5.74, 6) is -0.653. The Bertz CT molecular complexity index is 417. The summed E-state index contributed by atoms with van der Waals surface area (Å²) in [4.78, 5) is 15.5. The van der Waals surface area contributed by atoms with Gasteiger partial charge in [0.05, 0.1) is 5.69 Å². The molecule has 0 aliphatic rings. The third-order valence-electron chi connectivity index (χ3n) is 1.94. The first-order valence-electron chi connectivity index (χ1n) is 5.06. The summed E-state index contributed by atoms with van der Waals surface area (Å²) in [5.41, 5.74) is 1.98. The molecule has 1 heterocycles. The van der Waals surface area contributed by atoms with Crippen molar-refractivity contribution in [3.05, 3.63) is 29.6 Å². The normalized spacial score (nSPS) is 10.7. The van der Waals surface area contributed by atoms with Crippen molar-refractivity contribution < 1.29 is 18.0 Å². The summed E-state index contributed by atoms with van der Waals surface area (Å²) < 4.78 is 35.5. The van der Waals surface area contributed by atoms with E-state index in [2.05, 4.69) is 10.3 Å². The number of nitrogens with two attached hydrogens (primary N) is 1. The topological polar surface area (TPSA) is 68.0 Å². The lowest BCUT2D eigenvalue weighted by Gasteiger charge is -2.07. The molecule has 1 rings (SSSR count). The minimum absolute atomic E-state index is 0.